The molecular formula is C23H28O5. The van der Waals surface area contributed by atoms with Crippen molar-refractivity contribution in [3.8, 4) is 0 Å². The largest absolute Gasteiger partial charge is 0.466 e. The van der Waals surface area contributed by atoms with E-state index in [0.717, 1.165) is 5.56 Å². The van der Waals surface area contributed by atoms with Crippen molar-refractivity contribution in [3.63, 3.8) is 0 Å². The molecule has 2 rings (SSSR count). The highest BCUT2D eigenvalue weighted by atomic mass is 16.5. The van der Waals surface area contributed by atoms with Gasteiger partial charge in [-0.05, 0) is 25.0 Å². The summed E-state index contributed by atoms with van der Waals surface area (Å²) in [7, 11) is 0. The highest BCUT2D eigenvalue weighted by Gasteiger charge is 2.27. The second-order valence-corrected chi connectivity index (χ2v) is 5.88. The Balaban J connectivity index is 0.000000292. The molecule has 0 aliphatic rings. The van der Waals surface area contributed by atoms with E-state index in [0.29, 0.717) is 31.6 Å². The third-order valence-electron chi connectivity index (χ3n) is 3.82. The zero-order valence-electron chi connectivity index (χ0n) is 16.7. The third-order valence-corrected chi connectivity index (χ3v) is 3.82. The van der Waals surface area contributed by atoms with Crippen LogP contribution in [0.25, 0.3) is 0 Å². The van der Waals surface area contributed by atoms with Gasteiger partial charge in [0.2, 0.25) is 0 Å². The van der Waals surface area contributed by atoms with E-state index in [1.807, 2.05) is 55.5 Å². The van der Waals surface area contributed by atoms with Crippen molar-refractivity contribution in [3.05, 3.63) is 71.8 Å². The van der Waals surface area contributed by atoms with Gasteiger partial charge in [-0.3, -0.25) is 14.4 Å². The Morgan fingerprint density at radius 2 is 1.32 bits per heavy atom. The van der Waals surface area contributed by atoms with Gasteiger partial charge in [-0.2, -0.15) is 0 Å². The molecule has 0 spiro atoms. The van der Waals surface area contributed by atoms with Gasteiger partial charge in [-0.15, -0.1) is 0 Å². The zero-order valence-corrected chi connectivity index (χ0v) is 16.7. The predicted octanol–water partition coefficient (Wildman–Crippen LogP) is 4.10. The summed E-state index contributed by atoms with van der Waals surface area (Å²) in [5.41, 5.74) is 1.70. The quantitative estimate of drug-likeness (QED) is 0.506. The Morgan fingerprint density at radius 1 is 0.786 bits per heavy atom. The van der Waals surface area contributed by atoms with Crippen molar-refractivity contribution >= 4 is 17.7 Å². The van der Waals surface area contributed by atoms with Crippen molar-refractivity contribution in [1.82, 2.24) is 0 Å². The Hall–Kier alpha value is -2.95. The normalized spacial score (nSPS) is 10.8. The number of hydrogen-bond donors (Lipinski definition) is 0. The van der Waals surface area contributed by atoms with E-state index in [1.54, 1.807) is 26.0 Å². The zero-order chi connectivity index (χ0) is 20.8. The van der Waals surface area contributed by atoms with Gasteiger partial charge in [0.05, 0.1) is 19.6 Å². The smallest absolute Gasteiger partial charge is 0.321 e. The van der Waals surface area contributed by atoms with Gasteiger partial charge < -0.3 is 9.47 Å². The molecule has 0 radical (unpaired) electrons. The first-order chi connectivity index (χ1) is 13.5. The van der Waals surface area contributed by atoms with Crippen molar-refractivity contribution in [2.75, 3.05) is 13.2 Å². The Labute approximate surface area is 166 Å². The van der Waals surface area contributed by atoms with Crippen LogP contribution in [0.15, 0.2) is 60.7 Å². The highest BCUT2D eigenvalue weighted by Crippen LogP contribution is 2.19. The molecule has 0 bridgehead atoms. The van der Waals surface area contributed by atoms with Crippen LogP contribution in [0.5, 0.6) is 0 Å². The van der Waals surface area contributed by atoms with Crippen LogP contribution >= 0.6 is 0 Å². The molecule has 0 saturated carbocycles. The lowest BCUT2D eigenvalue weighted by Gasteiger charge is -2.13. The first-order valence-corrected chi connectivity index (χ1v) is 9.47. The molecule has 1 atom stereocenters. The fourth-order valence-electron chi connectivity index (χ4n) is 2.50. The Bertz CT molecular complexity index is 725. The summed E-state index contributed by atoms with van der Waals surface area (Å²) in [5, 5.41) is 0. The predicted molar refractivity (Wildman–Crippen MR) is 108 cm³/mol. The summed E-state index contributed by atoms with van der Waals surface area (Å²) in [6.07, 6.45) is 0.701. The van der Waals surface area contributed by atoms with Crippen molar-refractivity contribution in [2.24, 2.45) is 0 Å². The van der Waals surface area contributed by atoms with Crippen molar-refractivity contribution in [1.29, 1.82) is 0 Å². The minimum Gasteiger partial charge on any atom is -0.466 e. The molecular weight excluding hydrogens is 356 g/mol. The minimum absolute atomic E-state index is 0.107. The number of rotatable bonds is 8. The molecule has 150 valence electrons. The second-order valence-electron chi connectivity index (χ2n) is 5.88. The first kappa shape index (κ1) is 23.1. The molecule has 0 aliphatic heterocycles. The van der Waals surface area contributed by atoms with E-state index in [1.165, 1.54) is 0 Å². The van der Waals surface area contributed by atoms with Crippen LogP contribution in [0.1, 0.15) is 44.2 Å². The number of carbonyl (C=O) groups is 3. The number of carbonyl (C=O) groups excluding carboxylic acids is 3. The standard InChI is InChI=1S/C13H16O3.C10H12O2/c1-3-11(14)12(13(15)16-4-2)10-8-6-5-7-9-10;1-2-12-10(11)8-9-6-4-3-5-7-9/h5-9,12H,3-4H2,1-2H3;3-7H,2,8H2,1H3. The molecule has 0 heterocycles. The molecule has 5 heteroatoms. The molecule has 0 N–H and O–H groups in total. The maximum Gasteiger partial charge on any atom is 0.321 e. The number of ketones is 1. The molecule has 0 amide bonds. The molecule has 0 aromatic heterocycles. The molecule has 1 unspecified atom stereocenters. The maximum atomic E-state index is 11.7. The van der Waals surface area contributed by atoms with Gasteiger partial charge >= 0.3 is 11.9 Å². The van der Waals surface area contributed by atoms with Crippen LogP contribution in [0.2, 0.25) is 0 Å². The summed E-state index contributed by atoms with van der Waals surface area (Å²) >= 11 is 0. The lowest BCUT2D eigenvalue weighted by Crippen LogP contribution is -2.23. The molecule has 0 saturated heterocycles. The van der Waals surface area contributed by atoms with Gasteiger partial charge in [-0.1, -0.05) is 67.6 Å². The monoisotopic (exact) mass is 384 g/mol. The van der Waals surface area contributed by atoms with E-state index < -0.39 is 11.9 Å². The van der Waals surface area contributed by atoms with Crippen molar-refractivity contribution < 1.29 is 23.9 Å². The molecule has 2 aromatic rings. The molecule has 2 aromatic carbocycles. The minimum atomic E-state index is -0.772. The summed E-state index contributed by atoms with van der Waals surface area (Å²) in [6, 6.07) is 18.6. The van der Waals surface area contributed by atoms with Crippen LogP contribution < -0.4 is 0 Å². The first-order valence-electron chi connectivity index (χ1n) is 9.47. The molecule has 0 aliphatic carbocycles. The molecule has 0 fully saturated rings. The fraction of sp³-hybridized carbons (Fsp3) is 0.348. The number of hydrogen-bond acceptors (Lipinski definition) is 5. The fourth-order valence-corrected chi connectivity index (χ4v) is 2.50. The van der Waals surface area contributed by atoms with E-state index in [2.05, 4.69) is 0 Å². The van der Waals surface area contributed by atoms with Crippen molar-refractivity contribution in [2.45, 2.75) is 39.5 Å². The van der Waals surface area contributed by atoms with Gasteiger partial charge in [0.1, 0.15) is 5.92 Å². The lowest BCUT2D eigenvalue weighted by atomic mass is 9.93. The number of Topliss-reactive ketones (excluding diaryl/α,β-unsaturated/α-hetero) is 1. The van der Waals surface area contributed by atoms with E-state index in [4.69, 9.17) is 9.47 Å². The summed E-state index contributed by atoms with van der Waals surface area (Å²) in [5.74, 6) is -1.50. The van der Waals surface area contributed by atoms with Crippen LogP contribution in [0.4, 0.5) is 0 Å². The number of esters is 2. The summed E-state index contributed by atoms with van der Waals surface area (Å²) in [6.45, 7) is 6.03. The van der Waals surface area contributed by atoms with Gasteiger partial charge in [0.25, 0.3) is 0 Å². The Kier molecular flexibility index (Phi) is 10.9. The van der Waals surface area contributed by atoms with Crippen LogP contribution in [-0.4, -0.2) is 30.9 Å². The van der Waals surface area contributed by atoms with E-state index >= 15 is 0 Å². The van der Waals surface area contributed by atoms with Crippen LogP contribution in [-0.2, 0) is 30.3 Å². The SMILES string of the molecule is CCOC(=O)C(C(=O)CC)c1ccccc1.CCOC(=O)Cc1ccccc1. The van der Waals surface area contributed by atoms with Crippen LogP contribution in [0, 0.1) is 0 Å². The third kappa shape index (κ3) is 8.16. The Morgan fingerprint density at radius 3 is 1.82 bits per heavy atom. The number of benzene rings is 2. The van der Waals surface area contributed by atoms with E-state index in [-0.39, 0.29) is 11.8 Å². The van der Waals surface area contributed by atoms with Gasteiger partial charge in [0.15, 0.2) is 5.78 Å². The second kappa shape index (κ2) is 13.3. The summed E-state index contributed by atoms with van der Waals surface area (Å²) < 4.78 is 9.73. The molecule has 5 nitrogen and oxygen atoms in total. The topological polar surface area (TPSA) is 69.7 Å². The van der Waals surface area contributed by atoms with Crippen LogP contribution in [0.3, 0.4) is 0 Å². The molecule has 28 heavy (non-hydrogen) atoms. The number of ether oxygens (including phenoxy) is 2. The average molecular weight is 384 g/mol. The maximum absolute atomic E-state index is 11.7. The highest BCUT2D eigenvalue weighted by molar-refractivity contribution is 6.04. The lowest BCUT2D eigenvalue weighted by molar-refractivity contribution is -0.148. The van der Waals surface area contributed by atoms with Gasteiger partial charge in [-0.25, -0.2) is 0 Å². The van der Waals surface area contributed by atoms with Gasteiger partial charge in [0, 0.05) is 6.42 Å². The summed E-state index contributed by atoms with van der Waals surface area (Å²) in [4.78, 5) is 34.4. The average Bonchev–Trinajstić information content (AvgIpc) is 2.70. The van der Waals surface area contributed by atoms with E-state index in [9.17, 15) is 14.4 Å².